The van der Waals surface area contributed by atoms with Crippen LogP contribution in [-0.4, -0.2) is 48.4 Å². The molecule has 0 aromatic heterocycles. The molecule has 2 saturated heterocycles. The Morgan fingerprint density at radius 1 is 1.05 bits per heavy atom. The molecule has 2 aliphatic rings. The summed E-state index contributed by atoms with van der Waals surface area (Å²) >= 11 is 0. The van der Waals surface area contributed by atoms with Crippen molar-refractivity contribution < 1.29 is 9.18 Å². The van der Waals surface area contributed by atoms with Crippen molar-refractivity contribution in [3.05, 3.63) is 35.6 Å². The summed E-state index contributed by atoms with van der Waals surface area (Å²) in [5.74, 6) is 0.113. The average Bonchev–Trinajstić information content (AvgIpc) is 2.92. The van der Waals surface area contributed by atoms with Crippen molar-refractivity contribution in [1.29, 1.82) is 0 Å². The minimum Gasteiger partial charge on any atom is -0.339 e. The summed E-state index contributed by atoms with van der Waals surface area (Å²) in [5, 5.41) is 0. The molecular weight excluding hydrogens is 279 g/mol. The standard InChI is InChI=1S/C18H25FN2O/c19-17-8-2-1-7-16(17)18(22)21-12-5-6-15(9-13-21)14-20-10-3-4-11-20/h1-2,7-8,15H,3-6,9-14H2. The zero-order chi connectivity index (χ0) is 15.4. The van der Waals surface area contributed by atoms with E-state index in [1.54, 1.807) is 18.2 Å². The number of rotatable bonds is 3. The van der Waals surface area contributed by atoms with Crippen LogP contribution in [0.3, 0.4) is 0 Å². The summed E-state index contributed by atoms with van der Waals surface area (Å²) in [4.78, 5) is 16.9. The van der Waals surface area contributed by atoms with Gasteiger partial charge < -0.3 is 9.80 Å². The number of hydrogen-bond acceptors (Lipinski definition) is 2. The molecular formula is C18H25FN2O. The van der Waals surface area contributed by atoms with Gasteiger partial charge in [0, 0.05) is 19.6 Å². The minimum atomic E-state index is -0.412. The van der Waals surface area contributed by atoms with Crippen molar-refractivity contribution in [2.75, 3.05) is 32.7 Å². The molecule has 4 heteroatoms. The SMILES string of the molecule is O=C(c1ccccc1F)N1CCCC(CN2CCCC2)CC1. The Labute approximate surface area is 132 Å². The first-order valence-electron chi connectivity index (χ1n) is 8.50. The van der Waals surface area contributed by atoms with E-state index >= 15 is 0 Å². The highest BCUT2D eigenvalue weighted by atomic mass is 19.1. The van der Waals surface area contributed by atoms with E-state index < -0.39 is 5.82 Å². The van der Waals surface area contributed by atoms with Crippen LogP contribution < -0.4 is 0 Å². The van der Waals surface area contributed by atoms with Crippen LogP contribution in [0.4, 0.5) is 4.39 Å². The van der Waals surface area contributed by atoms with Gasteiger partial charge in [-0.2, -0.15) is 0 Å². The van der Waals surface area contributed by atoms with Gasteiger partial charge in [0.15, 0.2) is 0 Å². The van der Waals surface area contributed by atoms with Gasteiger partial charge in [0.25, 0.3) is 5.91 Å². The van der Waals surface area contributed by atoms with E-state index in [9.17, 15) is 9.18 Å². The van der Waals surface area contributed by atoms with Crippen molar-refractivity contribution >= 4 is 5.91 Å². The van der Waals surface area contributed by atoms with Crippen molar-refractivity contribution in [3.63, 3.8) is 0 Å². The normalized spacial score (nSPS) is 23.5. The molecule has 1 aromatic carbocycles. The number of nitrogens with zero attached hydrogens (tertiary/aromatic N) is 2. The lowest BCUT2D eigenvalue weighted by atomic mass is 10.0. The van der Waals surface area contributed by atoms with E-state index in [-0.39, 0.29) is 11.5 Å². The highest BCUT2D eigenvalue weighted by Crippen LogP contribution is 2.22. The maximum absolute atomic E-state index is 13.8. The molecule has 1 aromatic rings. The van der Waals surface area contributed by atoms with E-state index in [4.69, 9.17) is 0 Å². The van der Waals surface area contributed by atoms with Crippen LogP contribution in [0.5, 0.6) is 0 Å². The lowest BCUT2D eigenvalue weighted by Gasteiger charge is -2.23. The Bertz CT molecular complexity index is 514. The first kappa shape index (κ1) is 15.5. The van der Waals surface area contributed by atoms with Gasteiger partial charge in [0.05, 0.1) is 5.56 Å². The Kier molecular flexibility index (Phi) is 5.08. The third-order valence-electron chi connectivity index (χ3n) is 4.95. The number of likely N-dealkylation sites (tertiary alicyclic amines) is 2. The second kappa shape index (κ2) is 7.23. The van der Waals surface area contributed by atoms with Crippen molar-refractivity contribution in [2.45, 2.75) is 32.1 Å². The highest BCUT2D eigenvalue weighted by molar-refractivity contribution is 5.94. The van der Waals surface area contributed by atoms with E-state index in [0.717, 1.165) is 25.9 Å². The summed E-state index contributed by atoms with van der Waals surface area (Å²) in [6.45, 7) is 5.14. The van der Waals surface area contributed by atoms with E-state index in [1.165, 1.54) is 45.0 Å². The molecule has 2 heterocycles. The van der Waals surface area contributed by atoms with Crippen molar-refractivity contribution in [1.82, 2.24) is 9.80 Å². The summed E-state index contributed by atoms with van der Waals surface area (Å²) in [5.41, 5.74) is 0.209. The van der Waals surface area contributed by atoms with Crippen LogP contribution in [0.1, 0.15) is 42.5 Å². The smallest absolute Gasteiger partial charge is 0.256 e. The van der Waals surface area contributed by atoms with Crippen LogP contribution in [0.2, 0.25) is 0 Å². The number of carbonyl (C=O) groups excluding carboxylic acids is 1. The molecule has 1 amide bonds. The van der Waals surface area contributed by atoms with Gasteiger partial charge in [-0.3, -0.25) is 4.79 Å². The van der Waals surface area contributed by atoms with Gasteiger partial charge in [-0.15, -0.1) is 0 Å². The summed E-state index contributed by atoms with van der Waals surface area (Å²) in [6.07, 6.45) is 5.89. The first-order chi connectivity index (χ1) is 10.7. The monoisotopic (exact) mass is 304 g/mol. The second-order valence-corrected chi connectivity index (χ2v) is 6.58. The molecule has 120 valence electrons. The lowest BCUT2D eigenvalue weighted by molar-refractivity contribution is 0.0754. The average molecular weight is 304 g/mol. The van der Waals surface area contributed by atoms with Gasteiger partial charge in [-0.05, 0) is 63.2 Å². The maximum atomic E-state index is 13.8. The maximum Gasteiger partial charge on any atom is 0.256 e. The summed E-state index contributed by atoms with van der Waals surface area (Å²) in [7, 11) is 0. The van der Waals surface area contributed by atoms with Crippen molar-refractivity contribution in [3.8, 4) is 0 Å². The predicted molar refractivity (Wildman–Crippen MR) is 85.3 cm³/mol. The second-order valence-electron chi connectivity index (χ2n) is 6.58. The van der Waals surface area contributed by atoms with Crippen LogP contribution >= 0.6 is 0 Å². The van der Waals surface area contributed by atoms with E-state index in [2.05, 4.69) is 4.90 Å². The van der Waals surface area contributed by atoms with E-state index in [1.807, 2.05) is 4.90 Å². The Morgan fingerprint density at radius 2 is 1.82 bits per heavy atom. The summed E-state index contributed by atoms with van der Waals surface area (Å²) < 4.78 is 13.8. The zero-order valence-corrected chi connectivity index (χ0v) is 13.1. The number of halogens is 1. The number of amides is 1. The topological polar surface area (TPSA) is 23.6 Å². The molecule has 3 rings (SSSR count). The molecule has 3 nitrogen and oxygen atoms in total. The molecule has 0 aliphatic carbocycles. The Hall–Kier alpha value is -1.42. The molecule has 2 fully saturated rings. The predicted octanol–water partition coefficient (Wildman–Crippen LogP) is 3.16. The fourth-order valence-corrected chi connectivity index (χ4v) is 3.69. The molecule has 22 heavy (non-hydrogen) atoms. The fourth-order valence-electron chi connectivity index (χ4n) is 3.69. The minimum absolute atomic E-state index is 0.153. The van der Waals surface area contributed by atoms with Crippen LogP contribution in [0.15, 0.2) is 24.3 Å². The lowest BCUT2D eigenvalue weighted by Crippen LogP contribution is -2.33. The fraction of sp³-hybridized carbons (Fsp3) is 0.611. The largest absolute Gasteiger partial charge is 0.339 e. The van der Waals surface area contributed by atoms with Gasteiger partial charge >= 0.3 is 0 Å². The first-order valence-corrected chi connectivity index (χ1v) is 8.50. The van der Waals surface area contributed by atoms with Gasteiger partial charge in [0.1, 0.15) is 5.82 Å². The Morgan fingerprint density at radius 3 is 2.59 bits per heavy atom. The third kappa shape index (κ3) is 3.67. The van der Waals surface area contributed by atoms with Crippen LogP contribution in [0.25, 0.3) is 0 Å². The Balaban J connectivity index is 1.57. The zero-order valence-electron chi connectivity index (χ0n) is 13.1. The number of hydrogen-bond donors (Lipinski definition) is 0. The number of benzene rings is 1. The highest BCUT2D eigenvalue weighted by Gasteiger charge is 2.25. The van der Waals surface area contributed by atoms with Crippen LogP contribution in [0, 0.1) is 11.7 Å². The van der Waals surface area contributed by atoms with Crippen LogP contribution in [-0.2, 0) is 0 Å². The molecule has 0 spiro atoms. The van der Waals surface area contributed by atoms with Gasteiger partial charge in [0.2, 0.25) is 0 Å². The quantitative estimate of drug-likeness (QED) is 0.856. The molecule has 0 saturated carbocycles. The van der Waals surface area contributed by atoms with E-state index in [0.29, 0.717) is 5.92 Å². The van der Waals surface area contributed by atoms with Gasteiger partial charge in [-0.25, -0.2) is 4.39 Å². The van der Waals surface area contributed by atoms with Crippen molar-refractivity contribution in [2.24, 2.45) is 5.92 Å². The molecule has 0 N–H and O–H groups in total. The number of carbonyl (C=O) groups is 1. The molecule has 0 radical (unpaired) electrons. The van der Waals surface area contributed by atoms with Gasteiger partial charge in [-0.1, -0.05) is 12.1 Å². The molecule has 0 bridgehead atoms. The molecule has 1 unspecified atom stereocenters. The third-order valence-corrected chi connectivity index (χ3v) is 4.95. The molecule has 1 atom stereocenters. The molecule has 2 aliphatic heterocycles. The summed E-state index contributed by atoms with van der Waals surface area (Å²) in [6, 6.07) is 6.30.